The summed E-state index contributed by atoms with van der Waals surface area (Å²) < 4.78 is 25.4. The Hall–Kier alpha value is -7.77. The Morgan fingerprint density at radius 2 is 1.05 bits per heavy atom. The molecule has 27 heteroatoms. The lowest BCUT2D eigenvalue weighted by atomic mass is 9.94. The lowest BCUT2D eigenvalue weighted by Crippen LogP contribution is -2.43. The van der Waals surface area contributed by atoms with Crippen molar-refractivity contribution in [1.82, 2.24) is 59.5 Å². The fourth-order valence-electron chi connectivity index (χ4n) is 9.90. The normalized spacial score (nSPS) is 24.3. The number of nitrogens with two attached hydrogens (primary N) is 2. The summed E-state index contributed by atoms with van der Waals surface area (Å²) in [6.07, 6.45) is 6.07. The van der Waals surface area contributed by atoms with Crippen LogP contribution in [0, 0.1) is 39.9 Å². The van der Waals surface area contributed by atoms with Crippen LogP contribution >= 0.6 is 22.6 Å². The van der Waals surface area contributed by atoms with Gasteiger partial charge in [-0.3, -0.25) is 18.7 Å². The summed E-state index contributed by atoms with van der Waals surface area (Å²) in [5, 5.41) is 47.2. The Balaban J connectivity index is 0.000000154. The fourth-order valence-corrected chi connectivity index (χ4v) is 10.4. The predicted molar refractivity (Wildman–Crippen MR) is 305 cm³/mol. The fraction of sp³-hybridized carbons (Fsp3) is 0.464. The van der Waals surface area contributed by atoms with Crippen molar-refractivity contribution in [2.45, 2.75) is 125 Å². The molecule has 83 heavy (non-hydrogen) atoms. The molecule has 4 saturated heterocycles. The van der Waals surface area contributed by atoms with E-state index < -0.39 is 60.9 Å². The number of fused-ring (bicyclic) bond motifs is 2. The van der Waals surface area contributed by atoms with Crippen LogP contribution < -0.4 is 31.6 Å². The van der Waals surface area contributed by atoms with Crippen LogP contribution in [0.1, 0.15) is 82.5 Å². The average molecular weight is 1250 g/mol. The number of anilines is 2. The van der Waals surface area contributed by atoms with Crippen molar-refractivity contribution in [2.75, 3.05) is 37.6 Å². The minimum absolute atomic E-state index is 0.0842. The van der Waals surface area contributed by atoms with Crippen LogP contribution in [0.3, 0.4) is 0 Å². The molecule has 4 aliphatic heterocycles. The van der Waals surface area contributed by atoms with Crippen LogP contribution in [0.2, 0.25) is 0 Å². The summed E-state index contributed by atoms with van der Waals surface area (Å²) in [7, 11) is 0. The molecule has 8 heterocycles. The molecule has 6 aliphatic rings. The molecule has 2 aliphatic carbocycles. The monoisotopic (exact) mass is 1250 g/mol. The molecule has 4 amide bonds. The Morgan fingerprint density at radius 3 is 1.49 bits per heavy atom. The number of para-hydroxylation sites is 2. The lowest BCUT2D eigenvalue weighted by Gasteiger charge is -2.30. The summed E-state index contributed by atoms with van der Waals surface area (Å²) in [6.45, 7) is 2.64. The number of likely N-dealkylation sites (tertiary alicyclic amines) is 2. The number of carbonyl (C=O) groups excluding carboxylic acids is 4. The van der Waals surface area contributed by atoms with E-state index in [4.69, 9.17) is 36.8 Å². The number of nitrogens with zero attached hydrogens (tertiary/aromatic N) is 10. The zero-order valence-electron chi connectivity index (χ0n) is 44.9. The van der Waals surface area contributed by atoms with Crippen molar-refractivity contribution in [3.63, 3.8) is 0 Å². The average Bonchev–Trinajstić information content (AvgIpc) is 4.31. The second kappa shape index (κ2) is 26.2. The van der Waals surface area contributed by atoms with E-state index in [0.29, 0.717) is 63.4 Å². The van der Waals surface area contributed by atoms with Gasteiger partial charge in [0.25, 0.3) is 11.8 Å². The van der Waals surface area contributed by atoms with Crippen LogP contribution in [0.25, 0.3) is 22.3 Å². The van der Waals surface area contributed by atoms with Gasteiger partial charge in [-0.25, -0.2) is 39.5 Å². The van der Waals surface area contributed by atoms with Crippen LogP contribution in [0.15, 0.2) is 73.3 Å². The van der Waals surface area contributed by atoms with Crippen LogP contribution in [0.5, 0.6) is 11.5 Å². The first-order chi connectivity index (χ1) is 40.1. The van der Waals surface area contributed by atoms with E-state index in [2.05, 4.69) is 58.3 Å². The number of aliphatic hydroxyl groups is 4. The topological polar surface area (TPSA) is 356 Å². The number of rotatable bonds is 10. The van der Waals surface area contributed by atoms with E-state index in [9.17, 15) is 39.6 Å². The van der Waals surface area contributed by atoms with Crippen LogP contribution in [0.4, 0.5) is 21.2 Å². The standard InChI is InChI=1S/C28H31N7O6.C15H17NO2.C13H15IN6O4/c29-24-20-25(35(15-30-20)27-22(37)21(36)23(41-27)26(38)31-17-9-10-17)33-19(32-24)8-4-5-16-11-13-34(14-12-16)28(39)40-18-6-2-1-3-7-18;1-2-6-13-9-11-16(12-10-13)15(17)18-14-7-4-3-5-8-14;14-13-18-9(15)5-10(19-13)20(3-16-5)12-7(22)6(21)8(24-12)11(23)17-4-1-2-4/h1-3,6-7,15-17,21-23,27,36-37H,5,9-14H2,(H,31,38)(H2,29,32,33);1,3-5,7-8,13H,6,9-12H2;3-4,6-8,12,21-22H,1-2H2,(H,17,23)(H2,15,18,19)/t21?,22-,23-,27+;;6?,7-,8-,12+/m0.0/s1. The molecule has 0 radical (unpaired) electrons. The van der Waals surface area contributed by atoms with E-state index in [1.54, 1.807) is 34.1 Å². The number of aromatic nitrogens is 8. The molecular weight excluding hydrogens is 1190 g/mol. The van der Waals surface area contributed by atoms with Crippen molar-refractivity contribution in [3.8, 4) is 35.7 Å². The van der Waals surface area contributed by atoms with E-state index in [1.165, 1.54) is 21.8 Å². The number of imidazole rings is 2. The van der Waals surface area contributed by atoms with Gasteiger partial charge in [0.15, 0.2) is 51.4 Å². The van der Waals surface area contributed by atoms with Crippen molar-refractivity contribution >= 4 is 80.6 Å². The SMILES string of the molecule is C#CCC1CCN(C(=O)Oc2ccccc2)CC1.Nc1nc(C#CCC2CCN(C(=O)Oc3ccccc3)CC2)nc2c1ncn2[C@@H]1O[C@H](C(=O)NC2CC2)C(O)[C@@H]1O.Nc1nc(I)nc2c1ncn2[C@@H]1O[C@H](C(=O)NC2CC2)C(O)[C@@H]1O. The number of ether oxygens (including phenoxy) is 4. The molecule has 436 valence electrons. The van der Waals surface area contributed by atoms with Crippen molar-refractivity contribution in [2.24, 2.45) is 11.8 Å². The molecule has 8 atom stereocenters. The zero-order valence-corrected chi connectivity index (χ0v) is 47.1. The smallest absolute Gasteiger partial charge is 0.410 e. The highest BCUT2D eigenvalue weighted by atomic mass is 127. The van der Waals surface area contributed by atoms with E-state index in [1.807, 2.05) is 59.0 Å². The Kier molecular flexibility index (Phi) is 18.5. The second-order valence-electron chi connectivity index (χ2n) is 21.0. The van der Waals surface area contributed by atoms with Gasteiger partial charge in [0.2, 0.25) is 5.82 Å². The maximum atomic E-state index is 12.5. The summed E-state index contributed by atoms with van der Waals surface area (Å²) in [5.41, 5.74) is 13.2. The summed E-state index contributed by atoms with van der Waals surface area (Å²) in [5.74, 6) is 10.3. The van der Waals surface area contributed by atoms with Crippen molar-refractivity contribution in [1.29, 1.82) is 0 Å². The molecular formula is C56H63IN14O12. The molecule has 2 unspecified atom stereocenters. The number of halogens is 1. The molecule has 4 aromatic heterocycles. The summed E-state index contributed by atoms with van der Waals surface area (Å²) in [6, 6.07) is 18.4. The Bertz CT molecular complexity index is 3390. The van der Waals surface area contributed by atoms with Gasteiger partial charge in [-0.15, -0.1) is 12.3 Å². The first-order valence-corrected chi connectivity index (χ1v) is 28.5. The van der Waals surface area contributed by atoms with E-state index >= 15 is 0 Å². The maximum Gasteiger partial charge on any atom is 0.415 e. The first-order valence-electron chi connectivity index (χ1n) is 27.4. The van der Waals surface area contributed by atoms with Crippen LogP contribution in [-0.2, 0) is 19.1 Å². The number of carbonyl (C=O) groups is 4. The Morgan fingerprint density at radius 1 is 0.614 bits per heavy atom. The van der Waals surface area contributed by atoms with E-state index in [-0.39, 0.29) is 47.4 Å². The number of piperidine rings is 2. The number of nitrogens with one attached hydrogen (secondary N) is 2. The van der Waals surface area contributed by atoms with Gasteiger partial charge in [0, 0.05) is 73.7 Å². The molecule has 6 aromatic rings. The number of nitrogen functional groups attached to an aromatic ring is 2. The van der Waals surface area contributed by atoms with Gasteiger partial charge in [-0.05, 0) is 93.4 Å². The lowest BCUT2D eigenvalue weighted by molar-refractivity contribution is -0.138. The summed E-state index contributed by atoms with van der Waals surface area (Å²) >= 11 is 1.91. The first kappa shape index (κ1) is 58.4. The third kappa shape index (κ3) is 14.2. The molecule has 2 aromatic carbocycles. The number of hydrogen-bond donors (Lipinski definition) is 8. The number of terminal acetylenes is 1. The van der Waals surface area contributed by atoms with Gasteiger partial charge in [0.05, 0.1) is 12.7 Å². The molecule has 12 rings (SSSR count). The Labute approximate surface area is 489 Å². The van der Waals surface area contributed by atoms with Gasteiger partial charge in [-0.1, -0.05) is 42.3 Å². The van der Waals surface area contributed by atoms with Crippen molar-refractivity contribution < 1.29 is 58.6 Å². The van der Waals surface area contributed by atoms with Gasteiger partial charge < -0.3 is 71.3 Å². The van der Waals surface area contributed by atoms with Crippen LogP contribution in [-0.4, -0.2) is 168 Å². The maximum absolute atomic E-state index is 12.5. The minimum atomic E-state index is -1.42. The molecule has 2 saturated carbocycles. The largest absolute Gasteiger partial charge is 0.415 e. The number of amides is 4. The zero-order chi connectivity index (χ0) is 58.3. The number of aliphatic hydroxyl groups excluding tert-OH is 4. The highest BCUT2D eigenvalue weighted by Gasteiger charge is 2.50. The third-order valence-corrected chi connectivity index (χ3v) is 15.4. The van der Waals surface area contributed by atoms with Gasteiger partial charge in [0.1, 0.15) is 46.9 Å². The molecule has 0 bridgehead atoms. The minimum Gasteiger partial charge on any atom is -0.410 e. The molecule has 10 N–H and O–H groups in total. The van der Waals surface area contributed by atoms with Crippen molar-refractivity contribution in [3.05, 3.63) is 83.0 Å². The highest BCUT2D eigenvalue weighted by molar-refractivity contribution is 14.1. The predicted octanol–water partition coefficient (Wildman–Crippen LogP) is 2.79. The molecule has 6 fully saturated rings. The second-order valence-corrected chi connectivity index (χ2v) is 22.0. The highest BCUT2D eigenvalue weighted by Crippen LogP contribution is 2.35. The van der Waals surface area contributed by atoms with Gasteiger partial charge >= 0.3 is 12.2 Å². The number of benzene rings is 2. The molecule has 0 spiro atoms. The third-order valence-electron chi connectivity index (χ3n) is 14.9. The quantitative estimate of drug-likeness (QED) is 0.0555. The van der Waals surface area contributed by atoms with Gasteiger partial charge in [-0.2, -0.15) is 0 Å². The molecule has 26 nitrogen and oxygen atoms in total. The van der Waals surface area contributed by atoms with E-state index in [0.717, 1.165) is 70.9 Å². The summed E-state index contributed by atoms with van der Waals surface area (Å²) in [4.78, 5) is 77.8. The number of hydrogen-bond acceptors (Lipinski definition) is 20.